The molecule has 1 aromatic rings. The molecule has 1 aliphatic heterocycles. The largest absolute Gasteiger partial charge is 0.389 e. The molecule has 0 bridgehead atoms. The number of nitro benzene ring substituents is 1. The van der Waals surface area contributed by atoms with Crippen molar-refractivity contribution in [1.82, 2.24) is 4.90 Å². The monoisotopic (exact) mass is 284 g/mol. The van der Waals surface area contributed by atoms with Gasteiger partial charge in [0.25, 0.3) is 5.69 Å². The molecule has 1 heterocycles. The fourth-order valence-corrected chi connectivity index (χ4v) is 2.75. The molecule has 1 saturated heterocycles. The summed E-state index contributed by atoms with van der Waals surface area (Å²) in [5.41, 5.74) is -0.0455. The van der Waals surface area contributed by atoms with E-state index in [4.69, 9.17) is 11.6 Å². The number of nitrogens with zero attached hydrogens (tertiary/aromatic N) is 2. The minimum absolute atomic E-state index is 0.0783. The van der Waals surface area contributed by atoms with Crippen molar-refractivity contribution < 1.29 is 10.0 Å². The van der Waals surface area contributed by atoms with E-state index in [1.54, 1.807) is 13.0 Å². The lowest BCUT2D eigenvalue weighted by Gasteiger charge is -2.36. The van der Waals surface area contributed by atoms with Gasteiger partial charge < -0.3 is 5.11 Å². The third-order valence-corrected chi connectivity index (χ3v) is 3.62. The van der Waals surface area contributed by atoms with Crippen LogP contribution in [0, 0.1) is 10.1 Å². The summed E-state index contributed by atoms with van der Waals surface area (Å²) < 4.78 is 0. The van der Waals surface area contributed by atoms with Gasteiger partial charge in [-0.25, -0.2) is 0 Å². The van der Waals surface area contributed by atoms with Crippen molar-refractivity contribution in [2.24, 2.45) is 0 Å². The average Bonchev–Trinajstić information content (AvgIpc) is 2.27. The van der Waals surface area contributed by atoms with Gasteiger partial charge >= 0.3 is 0 Å². The van der Waals surface area contributed by atoms with Crippen LogP contribution in [-0.2, 0) is 6.54 Å². The Bertz CT molecular complexity index is 491. The molecule has 0 spiro atoms. The number of nitro groups is 1. The summed E-state index contributed by atoms with van der Waals surface area (Å²) in [7, 11) is 0. The SMILES string of the molecule is CC1(O)CCCN(Cc2cc(Cl)ccc2[N+](=O)[O-])C1. The van der Waals surface area contributed by atoms with Crippen LogP contribution < -0.4 is 0 Å². The van der Waals surface area contributed by atoms with Crippen LogP contribution >= 0.6 is 11.6 Å². The fraction of sp³-hybridized carbons (Fsp3) is 0.538. The van der Waals surface area contributed by atoms with Gasteiger partial charge in [-0.2, -0.15) is 0 Å². The van der Waals surface area contributed by atoms with E-state index in [1.807, 2.05) is 4.90 Å². The lowest BCUT2D eigenvalue weighted by molar-refractivity contribution is -0.385. The topological polar surface area (TPSA) is 66.6 Å². The highest BCUT2D eigenvalue weighted by Crippen LogP contribution is 2.27. The van der Waals surface area contributed by atoms with Crippen LogP contribution in [0.25, 0.3) is 0 Å². The molecule has 0 saturated carbocycles. The number of aliphatic hydroxyl groups is 1. The van der Waals surface area contributed by atoms with E-state index in [0.717, 1.165) is 19.4 Å². The van der Waals surface area contributed by atoms with E-state index in [1.165, 1.54) is 12.1 Å². The van der Waals surface area contributed by atoms with E-state index in [2.05, 4.69) is 0 Å². The van der Waals surface area contributed by atoms with Gasteiger partial charge in [0.05, 0.1) is 10.5 Å². The minimum atomic E-state index is -0.717. The first-order valence-corrected chi connectivity index (χ1v) is 6.63. The van der Waals surface area contributed by atoms with Crippen LogP contribution in [0.5, 0.6) is 0 Å². The fourth-order valence-electron chi connectivity index (χ4n) is 2.56. The molecular formula is C13H17ClN2O3. The molecular weight excluding hydrogens is 268 g/mol. The molecule has 2 rings (SSSR count). The summed E-state index contributed by atoms with van der Waals surface area (Å²) in [4.78, 5) is 12.6. The Morgan fingerprint density at radius 3 is 2.95 bits per heavy atom. The molecule has 0 aromatic heterocycles. The number of piperidine rings is 1. The second-order valence-corrected chi connectivity index (χ2v) is 5.78. The van der Waals surface area contributed by atoms with E-state index in [9.17, 15) is 15.2 Å². The van der Waals surface area contributed by atoms with Crippen molar-refractivity contribution in [3.05, 3.63) is 38.9 Å². The molecule has 104 valence electrons. The quantitative estimate of drug-likeness (QED) is 0.684. The summed E-state index contributed by atoms with van der Waals surface area (Å²) >= 11 is 5.90. The Morgan fingerprint density at radius 2 is 2.32 bits per heavy atom. The van der Waals surface area contributed by atoms with Gasteiger partial charge in [-0.3, -0.25) is 15.0 Å². The Labute approximate surface area is 116 Å². The number of β-amino-alcohol motifs (C(OH)–C–C–N with tert-alkyl or cyclic N) is 1. The Balaban J connectivity index is 2.18. The summed E-state index contributed by atoms with van der Waals surface area (Å²) in [6.07, 6.45) is 1.66. The number of likely N-dealkylation sites (tertiary alicyclic amines) is 1. The highest BCUT2D eigenvalue weighted by atomic mass is 35.5. The van der Waals surface area contributed by atoms with Crippen molar-refractivity contribution in [1.29, 1.82) is 0 Å². The van der Waals surface area contributed by atoms with Crippen molar-refractivity contribution >= 4 is 17.3 Å². The predicted molar refractivity (Wildman–Crippen MR) is 73.2 cm³/mol. The number of benzene rings is 1. The van der Waals surface area contributed by atoms with Crippen LogP contribution in [0.2, 0.25) is 5.02 Å². The zero-order valence-electron chi connectivity index (χ0n) is 10.8. The van der Waals surface area contributed by atoms with Gasteiger partial charge in [0.2, 0.25) is 0 Å². The number of hydrogen-bond donors (Lipinski definition) is 1. The molecule has 1 aromatic carbocycles. The lowest BCUT2D eigenvalue weighted by atomic mass is 9.95. The van der Waals surface area contributed by atoms with Gasteiger partial charge in [-0.05, 0) is 38.4 Å². The molecule has 0 amide bonds. The first-order valence-electron chi connectivity index (χ1n) is 6.25. The van der Waals surface area contributed by atoms with E-state index < -0.39 is 10.5 Å². The molecule has 6 heteroatoms. The standard InChI is InChI=1S/C13H17ClN2O3/c1-13(17)5-2-6-15(9-13)8-10-7-11(14)3-4-12(10)16(18)19/h3-4,7,17H,2,5-6,8-9H2,1H3. The van der Waals surface area contributed by atoms with Crippen LogP contribution in [-0.4, -0.2) is 33.6 Å². The van der Waals surface area contributed by atoms with Gasteiger partial charge in [0.1, 0.15) is 0 Å². The van der Waals surface area contributed by atoms with Gasteiger partial charge in [0, 0.05) is 29.7 Å². The molecule has 1 fully saturated rings. The normalized spacial score (nSPS) is 24.4. The van der Waals surface area contributed by atoms with Gasteiger partial charge in [-0.15, -0.1) is 0 Å². The zero-order valence-corrected chi connectivity index (χ0v) is 11.6. The van der Waals surface area contributed by atoms with Gasteiger partial charge in [0.15, 0.2) is 0 Å². The first kappa shape index (κ1) is 14.2. The van der Waals surface area contributed by atoms with Crippen LogP contribution in [0.3, 0.4) is 0 Å². The predicted octanol–water partition coefficient (Wildman–Crippen LogP) is 2.60. The zero-order chi connectivity index (χ0) is 14.0. The maximum atomic E-state index is 11.0. The van der Waals surface area contributed by atoms with E-state index >= 15 is 0 Å². The van der Waals surface area contributed by atoms with Crippen molar-refractivity contribution in [3.8, 4) is 0 Å². The molecule has 0 aliphatic carbocycles. The minimum Gasteiger partial charge on any atom is -0.389 e. The molecule has 1 atom stereocenters. The Hall–Kier alpha value is -1.17. The second-order valence-electron chi connectivity index (χ2n) is 5.34. The summed E-state index contributed by atoms with van der Waals surface area (Å²) in [5.74, 6) is 0. The lowest BCUT2D eigenvalue weighted by Crippen LogP contribution is -2.45. The highest BCUT2D eigenvalue weighted by Gasteiger charge is 2.29. The summed E-state index contributed by atoms with van der Waals surface area (Å²) in [6.45, 7) is 3.59. The van der Waals surface area contributed by atoms with E-state index in [-0.39, 0.29) is 5.69 Å². The maximum Gasteiger partial charge on any atom is 0.273 e. The highest BCUT2D eigenvalue weighted by molar-refractivity contribution is 6.30. The van der Waals surface area contributed by atoms with Crippen LogP contribution in [0.1, 0.15) is 25.3 Å². The van der Waals surface area contributed by atoms with Crippen LogP contribution in [0.4, 0.5) is 5.69 Å². The van der Waals surface area contributed by atoms with Crippen molar-refractivity contribution in [2.75, 3.05) is 13.1 Å². The van der Waals surface area contributed by atoms with Crippen molar-refractivity contribution in [3.63, 3.8) is 0 Å². The first-order chi connectivity index (χ1) is 8.87. The Morgan fingerprint density at radius 1 is 1.58 bits per heavy atom. The average molecular weight is 285 g/mol. The van der Waals surface area contributed by atoms with E-state index in [0.29, 0.717) is 23.7 Å². The Kier molecular flexibility index (Phi) is 4.08. The molecule has 1 N–H and O–H groups in total. The van der Waals surface area contributed by atoms with Crippen LogP contribution in [0.15, 0.2) is 18.2 Å². The molecule has 1 unspecified atom stereocenters. The third kappa shape index (κ3) is 3.65. The van der Waals surface area contributed by atoms with Crippen molar-refractivity contribution in [2.45, 2.75) is 31.9 Å². The smallest absolute Gasteiger partial charge is 0.273 e. The molecule has 5 nitrogen and oxygen atoms in total. The molecule has 1 aliphatic rings. The third-order valence-electron chi connectivity index (χ3n) is 3.39. The number of halogens is 1. The molecule has 0 radical (unpaired) electrons. The molecule has 19 heavy (non-hydrogen) atoms. The maximum absolute atomic E-state index is 11.0. The number of hydrogen-bond acceptors (Lipinski definition) is 4. The summed E-state index contributed by atoms with van der Waals surface area (Å²) in [5, 5.41) is 21.5. The number of rotatable bonds is 3. The van der Waals surface area contributed by atoms with Gasteiger partial charge in [-0.1, -0.05) is 11.6 Å². The second kappa shape index (κ2) is 5.45. The summed E-state index contributed by atoms with van der Waals surface area (Å²) in [6, 6.07) is 4.58.